The second-order valence-electron chi connectivity index (χ2n) is 6.60. The van der Waals surface area contributed by atoms with Crippen molar-refractivity contribution in [1.82, 2.24) is 9.80 Å². The number of guanidine groups is 1. The molecule has 0 aliphatic carbocycles. The van der Waals surface area contributed by atoms with Crippen LogP contribution in [0.3, 0.4) is 0 Å². The number of nitrogens with one attached hydrogen (secondary N) is 1. The van der Waals surface area contributed by atoms with Crippen LogP contribution in [0.2, 0.25) is 0 Å². The third-order valence-corrected chi connectivity index (χ3v) is 4.97. The largest absolute Gasteiger partial charge is 0.370 e. The summed E-state index contributed by atoms with van der Waals surface area (Å²) in [5.74, 6) is 1.09. The molecule has 0 radical (unpaired) electrons. The van der Waals surface area contributed by atoms with Gasteiger partial charge in [0.15, 0.2) is 5.96 Å². The van der Waals surface area contributed by atoms with Crippen molar-refractivity contribution < 1.29 is 0 Å². The SMILES string of the molecule is CCC(C)c1ccc(NC(N)=NCCN2CCN(CC)CC2)cc1. The number of piperazine rings is 1. The standard InChI is InChI=1S/C19H33N5/c1-4-16(3)17-6-8-18(9-7-17)22-19(20)21-10-11-24-14-12-23(5-2)13-15-24/h6-9,16H,4-5,10-15H2,1-3H3,(H3,20,21,22). The van der Waals surface area contributed by atoms with Gasteiger partial charge in [-0.15, -0.1) is 0 Å². The Morgan fingerprint density at radius 1 is 1.12 bits per heavy atom. The second kappa shape index (κ2) is 9.64. The minimum absolute atomic E-state index is 0.499. The second-order valence-corrected chi connectivity index (χ2v) is 6.60. The number of nitrogens with two attached hydrogens (primary N) is 1. The van der Waals surface area contributed by atoms with Crippen LogP contribution >= 0.6 is 0 Å². The van der Waals surface area contributed by atoms with Gasteiger partial charge in [-0.2, -0.15) is 0 Å². The first-order valence-electron chi connectivity index (χ1n) is 9.24. The minimum Gasteiger partial charge on any atom is -0.370 e. The van der Waals surface area contributed by atoms with E-state index in [2.05, 4.69) is 65.1 Å². The Bertz CT molecular complexity index is 503. The van der Waals surface area contributed by atoms with Crippen molar-refractivity contribution in [3.05, 3.63) is 29.8 Å². The Balaban J connectivity index is 1.73. The Morgan fingerprint density at radius 2 is 1.75 bits per heavy atom. The van der Waals surface area contributed by atoms with Crippen molar-refractivity contribution in [2.75, 3.05) is 51.1 Å². The van der Waals surface area contributed by atoms with E-state index in [0.29, 0.717) is 11.9 Å². The summed E-state index contributed by atoms with van der Waals surface area (Å²) in [6, 6.07) is 8.48. The van der Waals surface area contributed by atoms with Crippen LogP contribution in [0.4, 0.5) is 5.69 Å². The fourth-order valence-electron chi connectivity index (χ4n) is 2.96. The van der Waals surface area contributed by atoms with Crippen LogP contribution in [0, 0.1) is 0 Å². The molecule has 0 amide bonds. The van der Waals surface area contributed by atoms with Gasteiger partial charge in [0.25, 0.3) is 0 Å². The maximum atomic E-state index is 6.00. The zero-order valence-electron chi connectivity index (χ0n) is 15.5. The maximum absolute atomic E-state index is 6.00. The van der Waals surface area contributed by atoms with Gasteiger partial charge in [0, 0.05) is 38.4 Å². The molecule has 0 spiro atoms. The molecule has 1 saturated heterocycles. The van der Waals surface area contributed by atoms with Crippen molar-refractivity contribution in [3.63, 3.8) is 0 Å². The summed E-state index contributed by atoms with van der Waals surface area (Å²) < 4.78 is 0. The first-order chi connectivity index (χ1) is 11.6. The van der Waals surface area contributed by atoms with E-state index >= 15 is 0 Å². The van der Waals surface area contributed by atoms with Crippen LogP contribution < -0.4 is 11.1 Å². The average Bonchev–Trinajstić information content (AvgIpc) is 2.62. The zero-order valence-corrected chi connectivity index (χ0v) is 15.5. The lowest BCUT2D eigenvalue weighted by molar-refractivity contribution is 0.140. The molecule has 1 aliphatic rings. The maximum Gasteiger partial charge on any atom is 0.193 e. The molecule has 5 heteroatoms. The molecule has 0 bridgehead atoms. The molecule has 1 unspecified atom stereocenters. The summed E-state index contributed by atoms with van der Waals surface area (Å²) >= 11 is 0. The van der Waals surface area contributed by atoms with Gasteiger partial charge in [-0.3, -0.25) is 9.89 Å². The van der Waals surface area contributed by atoms with Gasteiger partial charge in [0.1, 0.15) is 0 Å². The molecule has 24 heavy (non-hydrogen) atoms. The highest BCUT2D eigenvalue weighted by Crippen LogP contribution is 2.20. The summed E-state index contributed by atoms with van der Waals surface area (Å²) in [6.45, 7) is 14.2. The number of nitrogens with zero attached hydrogens (tertiary/aromatic N) is 3. The lowest BCUT2D eigenvalue weighted by Crippen LogP contribution is -2.46. The first-order valence-corrected chi connectivity index (χ1v) is 9.24. The van der Waals surface area contributed by atoms with Gasteiger partial charge in [-0.05, 0) is 36.6 Å². The normalized spacial score (nSPS) is 18.5. The van der Waals surface area contributed by atoms with E-state index in [-0.39, 0.29) is 0 Å². The molecular weight excluding hydrogens is 298 g/mol. The highest BCUT2D eigenvalue weighted by atomic mass is 15.3. The summed E-state index contributed by atoms with van der Waals surface area (Å²) in [4.78, 5) is 9.40. The predicted octanol–water partition coefficient (Wildman–Crippen LogP) is 2.56. The van der Waals surface area contributed by atoms with Crippen molar-refractivity contribution in [2.45, 2.75) is 33.1 Å². The lowest BCUT2D eigenvalue weighted by Gasteiger charge is -2.33. The van der Waals surface area contributed by atoms with Crippen molar-refractivity contribution >= 4 is 11.6 Å². The highest BCUT2D eigenvalue weighted by Gasteiger charge is 2.14. The molecule has 5 nitrogen and oxygen atoms in total. The molecule has 0 aromatic heterocycles. The first kappa shape index (κ1) is 18.7. The average molecular weight is 332 g/mol. The molecule has 1 fully saturated rings. The van der Waals surface area contributed by atoms with Crippen molar-refractivity contribution in [3.8, 4) is 0 Å². The van der Waals surface area contributed by atoms with E-state index < -0.39 is 0 Å². The quantitative estimate of drug-likeness (QED) is 0.595. The van der Waals surface area contributed by atoms with Crippen LogP contribution in [0.5, 0.6) is 0 Å². The smallest absolute Gasteiger partial charge is 0.193 e. The van der Waals surface area contributed by atoms with Gasteiger partial charge < -0.3 is 16.0 Å². The van der Waals surface area contributed by atoms with Crippen LogP contribution in [0.25, 0.3) is 0 Å². The molecule has 3 N–H and O–H groups in total. The Hall–Kier alpha value is -1.59. The van der Waals surface area contributed by atoms with Crippen LogP contribution in [0.1, 0.15) is 38.7 Å². The zero-order chi connectivity index (χ0) is 17.4. The number of benzene rings is 1. The molecule has 1 heterocycles. The predicted molar refractivity (Wildman–Crippen MR) is 104 cm³/mol. The summed E-state index contributed by atoms with van der Waals surface area (Å²) in [7, 11) is 0. The molecule has 134 valence electrons. The summed E-state index contributed by atoms with van der Waals surface area (Å²) in [6.07, 6.45) is 1.16. The third kappa shape index (κ3) is 5.80. The monoisotopic (exact) mass is 331 g/mol. The Morgan fingerprint density at radius 3 is 2.33 bits per heavy atom. The number of rotatable bonds is 7. The number of hydrogen-bond donors (Lipinski definition) is 2. The molecule has 0 saturated carbocycles. The number of likely N-dealkylation sites (N-methyl/N-ethyl adjacent to an activating group) is 1. The number of hydrogen-bond acceptors (Lipinski definition) is 3. The Kier molecular flexibility index (Phi) is 7.53. The third-order valence-electron chi connectivity index (χ3n) is 4.97. The van der Waals surface area contributed by atoms with E-state index in [1.165, 1.54) is 5.56 Å². The van der Waals surface area contributed by atoms with Crippen LogP contribution in [-0.2, 0) is 0 Å². The Labute approximate surface area is 146 Å². The van der Waals surface area contributed by atoms with Crippen LogP contribution in [-0.4, -0.2) is 61.6 Å². The lowest BCUT2D eigenvalue weighted by atomic mass is 9.99. The highest BCUT2D eigenvalue weighted by molar-refractivity contribution is 5.92. The van der Waals surface area contributed by atoms with E-state index in [9.17, 15) is 0 Å². The van der Waals surface area contributed by atoms with Gasteiger partial charge in [-0.1, -0.05) is 32.9 Å². The molecule has 1 aromatic carbocycles. The fourth-order valence-corrected chi connectivity index (χ4v) is 2.96. The van der Waals surface area contributed by atoms with E-state index in [1.54, 1.807) is 0 Å². The molecule has 2 rings (SSSR count). The van der Waals surface area contributed by atoms with Gasteiger partial charge in [0.2, 0.25) is 0 Å². The topological polar surface area (TPSA) is 56.9 Å². The van der Waals surface area contributed by atoms with Gasteiger partial charge in [0.05, 0.1) is 6.54 Å². The summed E-state index contributed by atoms with van der Waals surface area (Å²) in [5.41, 5.74) is 8.37. The van der Waals surface area contributed by atoms with Crippen LogP contribution in [0.15, 0.2) is 29.3 Å². The van der Waals surface area contributed by atoms with E-state index in [4.69, 9.17) is 5.73 Å². The van der Waals surface area contributed by atoms with Crippen molar-refractivity contribution in [2.24, 2.45) is 10.7 Å². The van der Waals surface area contributed by atoms with E-state index in [0.717, 1.165) is 57.9 Å². The summed E-state index contributed by atoms with van der Waals surface area (Å²) in [5, 5.41) is 3.18. The molecule has 1 atom stereocenters. The minimum atomic E-state index is 0.499. The fraction of sp³-hybridized carbons (Fsp3) is 0.632. The molecular formula is C19H33N5. The molecule has 1 aromatic rings. The number of aliphatic imine (C=N–C) groups is 1. The van der Waals surface area contributed by atoms with Gasteiger partial charge in [-0.25, -0.2) is 0 Å². The van der Waals surface area contributed by atoms with Crippen molar-refractivity contribution in [1.29, 1.82) is 0 Å². The number of anilines is 1. The van der Waals surface area contributed by atoms with E-state index in [1.807, 2.05) is 0 Å². The van der Waals surface area contributed by atoms with Gasteiger partial charge >= 0.3 is 0 Å². The molecule has 1 aliphatic heterocycles.